The van der Waals surface area contributed by atoms with Crippen molar-refractivity contribution in [1.82, 2.24) is 5.32 Å². The largest absolute Gasteiger partial charge is 0.485 e. The van der Waals surface area contributed by atoms with Gasteiger partial charge < -0.3 is 14.5 Å². The van der Waals surface area contributed by atoms with E-state index in [1.807, 2.05) is 6.92 Å². The Morgan fingerprint density at radius 1 is 1.14 bits per heavy atom. The van der Waals surface area contributed by atoms with Gasteiger partial charge in [-0.1, -0.05) is 19.1 Å². The Bertz CT molecular complexity index is 587. The summed E-state index contributed by atoms with van der Waals surface area (Å²) in [5.74, 6) is 2.77. The van der Waals surface area contributed by atoms with Crippen LogP contribution in [0.5, 0.6) is 5.75 Å². The molecule has 1 heterocycles. The van der Waals surface area contributed by atoms with E-state index in [0.717, 1.165) is 42.3 Å². The Balaban J connectivity index is 1.97. The molecule has 21 heavy (non-hydrogen) atoms. The summed E-state index contributed by atoms with van der Waals surface area (Å²) in [5.41, 5.74) is 3.56. The maximum Gasteiger partial charge on any atom is 0.146 e. The van der Waals surface area contributed by atoms with Gasteiger partial charge in [-0.2, -0.15) is 0 Å². The lowest BCUT2D eigenvalue weighted by Gasteiger charge is -2.08. The number of benzene rings is 1. The number of nitrogens with one attached hydrogen (secondary N) is 1. The van der Waals surface area contributed by atoms with Gasteiger partial charge in [0.15, 0.2) is 0 Å². The molecule has 3 nitrogen and oxygen atoms in total. The Labute approximate surface area is 127 Å². The minimum atomic E-state index is 0.471. The van der Waals surface area contributed by atoms with Gasteiger partial charge in [0.05, 0.1) is 0 Å². The second-order valence-corrected chi connectivity index (χ2v) is 5.53. The van der Waals surface area contributed by atoms with Crippen LogP contribution in [-0.4, -0.2) is 6.54 Å². The molecule has 0 radical (unpaired) electrons. The molecule has 0 unspecified atom stereocenters. The fourth-order valence-electron chi connectivity index (χ4n) is 2.25. The molecule has 1 aromatic heterocycles. The van der Waals surface area contributed by atoms with Crippen LogP contribution in [-0.2, 0) is 13.2 Å². The van der Waals surface area contributed by atoms with Crippen molar-refractivity contribution in [2.24, 2.45) is 0 Å². The zero-order chi connectivity index (χ0) is 15.2. The highest BCUT2D eigenvalue weighted by atomic mass is 16.5. The summed E-state index contributed by atoms with van der Waals surface area (Å²) in [6.07, 6.45) is 1.14. The van der Waals surface area contributed by atoms with Crippen LogP contribution in [0.15, 0.2) is 28.7 Å². The fraction of sp³-hybridized carbons (Fsp3) is 0.444. The molecule has 0 fully saturated rings. The van der Waals surface area contributed by atoms with E-state index < -0.39 is 0 Å². The molecule has 0 saturated carbocycles. The van der Waals surface area contributed by atoms with Crippen molar-refractivity contribution >= 4 is 0 Å². The summed E-state index contributed by atoms with van der Waals surface area (Å²) < 4.78 is 11.7. The van der Waals surface area contributed by atoms with Crippen molar-refractivity contribution in [2.45, 2.75) is 47.3 Å². The highest BCUT2D eigenvalue weighted by Crippen LogP contribution is 2.22. The van der Waals surface area contributed by atoms with Gasteiger partial charge in [-0.15, -0.1) is 0 Å². The maximum atomic E-state index is 5.88. The average Bonchev–Trinajstić information content (AvgIpc) is 2.81. The van der Waals surface area contributed by atoms with E-state index >= 15 is 0 Å². The number of hydrogen-bond acceptors (Lipinski definition) is 3. The number of ether oxygens (including phenoxy) is 1. The van der Waals surface area contributed by atoms with Gasteiger partial charge in [0.2, 0.25) is 0 Å². The van der Waals surface area contributed by atoms with Gasteiger partial charge in [0.25, 0.3) is 0 Å². The highest BCUT2D eigenvalue weighted by molar-refractivity contribution is 5.36. The maximum absolute atomic E-state index is 5.88. The molecule has 1 aromatic carbocycles. The molecule has 0 spiro atoms. The molecule has 2 aromatic rings. The molecule has 2 rings (SSSR count). The van der Waals surface area contributed by atoms with Crippen LogP contribution in [0.25, 0.3) is 0 Å². The van der Waals surface area contributed by atoms with Crippen molar-refractivity contribution in [3.63, 3.8) is 0 Å². The van der Waals surface area contributed by atoms with Crippen molar-refractivity contribution < 1.29 is 9.15 Å². The Morgan fingerprint density at radius 3 is 2.71 bits per heavy atom. The second-order valence-electron chi connectivity index (χ2n) is 5.53. The van der Waals surface area contributed by atoms with Gasteiger partial charge in [0.1, 0.15) is 23.9 Å². The summed E-state index contributed by atoms with van der Waals surface area (Å²) in [6, 6.07) is 8.33. The molecule has 0 amide bonds. The molecule has 3 heteroatoms. The van der Waals surface area contributed by atoms with Crippen LogP contribution in [0.3, 0.4) is 0 Å². The van der Waals surface area contributed by atoms with E-state index in [1.54, 1.807) is 0 Å². The highest BCUT2D eigenvalue weighted by Gasteiger charge is 2.08. The Hall–Kier alpha value is -1.74. The molecule has 0 aliphatic carbocycles. The fourth-order valence-corrected chi connectivity index (χ4v) is 2.25. The van der Waals surface area contributed by atoms with Gasteiger partial charge in [-0.25, -0.2) is 0 Å². The zero-order valence-electron chi connectivity index (χ0n) is 13.5. The molecule has 0 bridgehead atoms. The summed E-state index contributed by atoms with van der Waals surface area (Å²) in [7, 11) is 0. The van der Waals surface area contributed by atoms with E-state index in [9.17, 15) is 0 Å². The Morgan fingerprint density at radius 2 is 1.95 bits per heavy atom. The third-order valence-electron chi connectivity index (χ3n) is 3.53. The molecule has 0 aliphatic heterocycles. The van der Waals surface area contributed by atoms with Crippen LogP contribution in [0, 0.1) is 20.8 Å². The van der Waals surface area contributed by atoms with Gasteiger partial charge >= 0.3 is 0 Å². The molecule has 114 valence electrons. The molecule has 0 saturated heterocycles. The second kappa shape index (κ2) is 7.32. The minimum Gasteiger partial charge on any atom is -0.485 e. The van der Waals surface area contributed by atoms with E-state index in [4.69, 9.17) is 9.15 Å². The predicted octanol–water partition coefficient (Wildman–Crippen LogP) is 4.28. The average molecular weight is 287 g/mol. The summed E-state index contributed by atoms with van der Waals surface area (Å²) in [6.45, 7) is 10.6. The number of furan rings is 1. The third-order valence-corrected chi connectivity index (χ3v) is 3.53. The first kappa shape index (κ1) is 15.6. The van der Waals surface area contributed by atoms with E-state index in [0.29, 0.717) is 6.61 Å². The van der Waals surface area contributed by atoms with Crippen LogP contribution >= 0.6 is 0 Å². The first-order chi connectivity index (χ1) is 10.1. The lowest BCUT2D eigenvalue weighted by Crippen LogP contribution is -2.13. The first-order valence-electron chi connectivity index (χ1n) is 7.59. The smallest absolute Gasteiger partial charge is 0.146 e. The van der Waals surface area contributed by atoms with Gasteiger partial charge in [-0.05, 0) is 57.0 Å². The Kier molecular flexibility index (Phi) is 5.45. The van der Waals surface area contributed by atoms with E-state index in [-0.39, 0.29) is 0 Å². The molecular formula is C18H25NO2. The normalized spacial score (nSPS) is 10.9. The standard InChI is InChI=1S/C18H25NO2/c1-5-8-19-11-16-10-17(21-15(16)4)12-20-18-9-13(2)6-7-14(18)3/h6-7,9-10,19H,5,8,11-12H2,1-4H3. The van der Waals surface area contributed by atoms with E-state index in [1.165, 1.54) is 11.1 Å². The minimum absolute atomic E-state index is 0.471. The molecule has 0 atom stereocenters. The van der Waals surface area contributed by atoms with Crippen molar-refractivity contribution in [1.29, 1.82) is 0 Å². The van der Waals surface area contributed by atoms with Crippen molar-refractivity contribution in [3.05, 3.63) is 52.5 Å². The quantitative estimate of drug-likeness (QED) is 0.772. The first-order valence-corrected chi connectivity index (χ1v) is 7.59. The van der Waals surface area contributed by atoms with E-state index in [2.05, 4.69) is 50.4 Å². The molecule has 1 N–H and O–H groups in total. The van der Waals surface area contributed by atoms with Gasteiger partial charge in [0, 0.05) is 12.1 Å². The summed E-state index contributed by atoms with van der Waals surface area (Å²) in [5, 5.41) is 3.40. The summed E-state index contributed by atoms with van der Waals surface area (Å²) >= 11 is 0. The number of rotatable bonds is 7. The lowest BCUT2D eigenvalue weighted by atomic mass is 10.1. The van der Waals surface area contributed by atoms with Crippen LogP contribution in [0.2, 0.25) is 0 Å². The number of aryl methyl sites for hydroxylation is 3. The predicted molar refractivity (Wildman–Crippen MR) is 85.7 cm³/mol. The molecule has 0 aliphatic rings. The van der Waals surface area contributed by atoms with Crippen molar-refractivity contribution in [2.75, 3.05) is 6.54 Å². The van der Waals surface area contributed by atoms with Crippen LogP contribution < -0.4 is 10.1 Å². The van der Waals surface area contributed by atoms with Crippen molar-refractivity contribution in [3.8, 4) is 5.75 Å². The summed E-state index contributed by atoms with van der Waals surface area (Å²) in [4.78, 5) is 0. The van der Waals surface area contributed by atoms with Crippen LogP contribution in [0.4, 0.5) is 0 Å². The number of hydrogen-bond donors (Lipinski definition) is 1. The van der Waals surface area contributed by atoms with Gasteiger partial charge in [-0.3, -0.25) is 0 Å². The monoisotopic (exact) mass is 287 g/mol. The molecular weight excluding hydrogens is 262 g/mol. The topological polar surface area (TPSA) is 34.4 Å². The van der Waals surface area contributed by atoms with Crippen LogP contribution in [0.1, 0.15) is 41.6 Å². The SMILES string of the molecule is CCCNCc1cc(COc2cc(C)ccc2C)oc1C. The zero-order valence-corrected chi connectivity index (χ0v) is 13.5. The lowest BCUT2D eigenvalue weighted by molar-refractivity contribution is 0.266. The third kappa shape index (κ3) is 4.36.